The molecule has 2 aromatic carbocycles. The molecule has 30 heavy (non-hydrogen) atoms. The average Bonchev–Trinajstić information content (AvgIpc) is 3.29. The molecular formula is C24H18O6. The van der Waals surface area contributed by atoms with Gasteiger partial charge in [-0.3, -0.25) is 4.79 Å². The monoisotopic (exact) mass is 402 g/mol. The van der Waals surface area contributed by atoms with Crippen molar-refractivity contribution in [2.75, 3.05) is 7.11 Å². The third-order valence-electron chi connectivity index (χ3n) is 4.48. The zero-order valence-corrected chi connectivity index (χ0v) is 16.4. The molecule has 2 heterocycles. The molecule has 0 unspecified atom stereocenters. The average molecular weight is 402 g/mol. The van der Waals surface area contributed by atoms with E-state index in [1.54, 1.807) is 67.8 Å². The number of furan rings is 1. The molecule has 0 saturated carbocycles. The molecule has 0 saturated heterocycles. The van der Waals surface area contributed by atoms with Crippen molar-refractivity contribution in [3.05, 3.63) is 88.3 Å². The second kappa shape index (κ2) is 8.13. The lowest BCUT2D eigenvalue weighted by Crippen LogP contribution is -2.14. The van der Waals surface area contributed by atoms with E-state index >= 15 is 0 Å². The highest BCUT2D eigenvalue weighted by Crippen LogP contribution is 2.31. The van der Waals surface area contributed by atoms with Crippen LogP contribution in [0.25, 0.3) is 28.6 Å². The summed E-state index contributed by atoms with van der Waals surface area (Å²) in [6.45, 7) is 1.89. The maximum atomic E-state index is 13.0. The quantitative estimate of drug-likeness (QED) is 0.346. The molecule has 0 amide bonds. The molecule has 0 fully saturated rings. The van der Waals surface area contributed by atoms with Gasteiger partial charge < -0.3 is 18.3 Å². The minimum Gasteiger partial charge on any atom is -0.497 e. The Labute approximate surface area is 172 Å². The SMILES string of the molecule is COc1ccc(/C=C/C(=O)Oc2c(-c3ccco3)oc3cc(C)ccc3c2=O)cc1. The first-order valence-corrected chi connectivity index (χ1v) is 9.20. The third kappa shape index (κ3) is 3.89. The molecule has 0 spiro atoms. The van der Waals surface area contributed by atoms with Gasteiger partial charge in [0.1, 0.15) is 11.3 Å². The highest BCUT2D eigenvalue weighted by Gasteiger charge is 2.21. The van der Waals surface area contributed by atoms with Gasteiger partial charge in [-0.15, -0.1) is 0 Å². The lowest BCUT2D eigenvalue weighted by Gasteiger charge is -2.08. The van der Waals surface area contributed by atoms with Gasteiger partial charge in [-0.05, 0) is 60.5 Å². The van der Waals surface area contributed by atoms with Crippen molar-refractivity contribution < 1.29 is 23.1 Å². The van der Waals surface area contributed by atoms with Crippen LogP contribution in [0, 0.1) is 6.92 Å². The van der Waals surface area contributed by atoms with Crippen molar-refractivity contribution in [3.8, 4) is 23.0 Å². The van der Waals surface area contributed by atoms with E-state index in [1.165, 1.54) is 12.3 Å². The van der Waals surface area contributed by atoms with E-state index in [-0.39, 0.29) is 17.3 Å². The summed E-state index contributed by atoms with van der Waals surface area (Å²) in [4.78, 5) is 25.4. The zero-order valence-electron chi connectivity index (χ0n) is 16.4. The molecule has 0 radical (unpaired) electrons. The van der Waals surface area contributed by atoms with Crippen molar-refractivity contribution in [1.29, 1.82) is 0 Å². The lowest BCUT2D eigenvalue weighted by atomic mass is 10.1. The van der Waals surface area contributed by atoms with E-state index in [0.29, 0.717) is 16.7 Å². The molecule has 150 valence electrons. The van der Waals surface area contributed by atoms with Gasteiger partial charge in [-0.25, -0.2) is 4.79 Å². The van der Waals surface area contributed by atoms with E-state index in [9.17, 15) is 9.59 Å². The summed E-state index contributed by atoms with van der Waals surface area (Å²) >= 11 is 0. The summed E-state index contributed by atoms with van der Waals surface area (Å²) in [5.74, 6) is 0.136. The van der Waals surface area contributed by atoms with Crippen LogP contribution in [0.2, 0.25) is 0 Å². The first kappa shape index (κ1) is 19.3. The summed E-state index contributed by atoms with van der Waals surface area (Å²) in [5, 5.41) is 0.317. The number of hydrogen-bond donors (Lipinski definition) is 0. The van der Waals surface area contributed by atoms with Gasteiger partial charge in [0.25, 0.3) is 0 Å². The van der Waals surface area contributed by atoms with Crippen molar-refractivity contribution in [2.45, 2.75) is 6.92 Å². The molecule has 0 aliphatic rings. The number of rotatable bonds is 5. The van der Waals surface area contributed by atoms with Crippen LogP contribution in [0.1, 0.15) is 11.1 Å². The zero-order chi connectivity index (χ0) is 21.1. The van der Waals surface area contributed by atoms with E-state index in [0.717, 1.165) is 11.1 Å². The molecule has 2 aromatic heterocycles. The van der Waals surface area contributed by atoms with Gasteiger partial charge in [0.05, 0.1) is 18.8 Å². The number of benzene rings is 2. The summed E-state index contributed by atoms with van der Waals surface area (Å²) in [7, 11) is 1.58. The number of carbonyl (C=O) groups excluding carboxylic acids is 1. The Morgan fingerprint density at radius 3 is 2.57 bits per heavy atom. The molecular weight excluding hydrogens is 384 g/mol. The predicted octanol–water partition coefficient (Wildman–Crippen LogP) is 4.99. The van der Waals surface area contributed by atoms with E-state index in [4.69, 9.17) is 18.3 Å². The largest absolute Gasteiger partial charge is 0.497 e. The van der Waals surface area contributed by atoms with Gasteiger partial charge >= 0.3 is 5.97 Å². The van der Waals surface area contributed by atoms with Crippen molar-refractivity contribution in [3.63, 3.8) is 0 Å². The maximum Gasteiger partial charge on any atom is 0.336 e. The molecule has 0 bridgehead atoms. The van der Waals surface area contributed by atoms with Gasteiger partial charge in [-0.1, -0.05) is 18.2 Å². The highest BCUT2D eigenvalue weighted by molar-refractivity contribution is 5.90. The van der Waals surface area contributed by atoms with Crippen LogP contribution < -0.4 is 14.9 Å². The summed E-state index contributed by atoms with van der Waals surface area (Å²) in [5.41, 5.74) is 1.65. The first-order valence-electron chi connectivity index (χ1n) is 9.20. The third-order valence-corrected chi connectivity index (χ3v) is 4.48. The van der Waals surface area contributed by atoms with Crippen molar-refractivity contribution in [1.82, 2.24) is 0 Å². The van der Waals surface area contributed by atoms with Gasteiger partial charge in [0.2, 0.25) is 16.9 Å². The number of methoxy groups -OCH3 is 1. The minimum absolute atomic E-state index is 0.0642. The topological polar surface area (TPSA) is 78.9 Å². The van der Waals surface area contributed by atoms with Gasteiger partial charge in [0.15, 0.2) is 5.76 Å². The second-order valence-corrected chi connectivity index (χ2v) is 6.59. The van der Waals surface area contributed by atoms with Crippen LogP contribution in [0.5, 0.6) is 11.5 Å². The Morgan fingerprint density at radius 2 is 1.87 bits per heavy atom. The van der Waals surface area contributed by atoms with Crippen LogP contribution in [-0.2, 0) is 4.79 Å². The van der Waals surface area contributed by atoms with Crippen LogP contribution in [0.3, 0.4) is 0 Å². The number of ether oxygens (including phenoxy) is 2. The van der Waals surface area contributed by atoms with E-state index in [1.807, 2.05) is 6.92 Å². The van der Waals surface area contributed by atoms with E-state index < -0.39 is 11.4 Å². The molecule has 4 rings (SSSR count). The number of esters is 1. The Balaban J connectivity index is 1.70. The molecule has 0 aliphatic heterocycles. The normalized spacial score (nSPS) is 11.1. The highest BCUT2D eigenvalue weighted by atomic mass is 16.5. The van der Waals surface area contributed by atoms with Crippen LogP contribution >= 0.6 is 0 Å². The first-order chi connectivity index (χ1) is 14.5. The molecule has 0 aliphatic carbocycles. The Kier molecular flexibility index (Phi) is 5.22. The molecule has 6 heteroatoms. The Bertz CT molecular complexity index is 1280. The standard InChI is InChI=1S/C24H18O6/c1-15-5-11-18-20(14-15)29-23(19-4-3-13-28-19)24(22(18)26)30-21(25)12-8-16-6-9-17(27-2)10-7-16/h3-14H,1-2H3/b12-8+. The Morgan fingerprint density at radius 1 is 1.07 bits per heavy atom. The molecule has 0 N–H and O–H groups in total. The van der Waals surface area contributed by atoms with Crippen molar-refractivity contribution in [2.24, 2.45) is 0 Å². The summed E-state index contributed by atoms with van der Waals surface area (Å²) in [6, 6.07) is 15.6. The fourth-order valence-electron chi connectivity index (χ4n) is 2.96. The summed E-state index contributed by atoms with van der Waals surface area (Å²) < 4.78 is 21.7. The second-order valence-electron chi connectivity index (χ2n) is 6.59. The smallest absolute Gasteiger partial charge is 0.336 e. The fourth-order valence-corrected chi connectivity index (χ4v) is 2.96. The lowest BCUT2D eigenvalue weighted by molar-refractivity contribution is -0.129. The van der Waals surface area contributed by atoms with Crippen LogP contribution in [-0.4, -0.2) is 13.1 Å². The molecule has 6 nitrogen and oxygen atoms in total. The number of hydrogen-bond acceptors (Lipinski definition) is 6. The van der Waals surface area contributed by atoms with Gasteiger partial charge in [0, 0.05) is 6.08 Å². The summed E-state index contributed by atoms with van der Waals surface area (Å²) in [6.07, 6.45) is 4.28. The maximum absolute atomic E-state index is 13.0. The van der Waals surface area contributed by atoms with Crippen LogP contribution in [0.15, 0.2) is 80.6 Å². The Hall–Kier alpha value is -4.06. The number of aryl methyl sites for hydroxylation is 1. The van der Waals surface area contributed by atoms with E-state index in [2.05, 4.69) is 0 Å². The van der Waals surface area contributed by atoms with Crippen molar-refractivity contribution >= 4 is 23.0 Å². The molecule has 0 atom stereocenters. The number of fused-ring (bicyclic) bond motifs is 1. The fraction of sp³-hybridized carbons (Fsp3) is 0.0833. The minimum atomic E-state index is -0.711. The number of carbonyl (C=O) groups is 1. The van der Waals surface area contributed by atoms with Crippen LogP contribution in [0.4, 0.5) is 0 Å². The predicted molar refractivity (Wildman–Crippen MR) is 113 cm³/mol. The molecule has 4 aromatic rings. The van der Waals surface area contributed by atoms with Gasteiger partial charge in [-0.2, -0.15) is 0 Å².